The number of benzene rings is 1. The molecule has 32 heavy (non-hydrogen) atoms. The van der Waals surface area contributed by atoms with Crippen molar-refractivity contribution in [1.29, 1.82) is 0 Å². The number of rotatable bonds is 11. The Balaban J connectivity index is 1.67. The number of thiazole rings is 1. The van der Waals surface area contributed by atoms with Crippen molar-refractivity contribution >= 4 is 11.3 Å². The summed E-state index contributed by atoms with van der Waals surface area (Å²) >= 11 is 1.61. The molecular formula is C24H26F2N2O3S. The molecule has 4 rings (SSSR count). The van der Waals surface area contributed by atoms with Crippen molar-refractivity contribution in [2.45, 2.75) is 57.2 Å². The second-order valence-electron chi connectivity index (χ2n) is 7.87. The number of hydrogen-bond acceptors (Lipinski definition) is 6. The van der Waals surface area contributed by atoms with Crippen molar-refractivity contribution in [3.8, 4) is 11.5 Å². The molecule has 1 atom stereocenters. The van der Waals surface area contributed by atoms with Gasteiger partial charge in [0, 0.05) is 36.0 Å². The Morgan fingerprint density at radius 3 is 2.72 bits per heavy atom. The highest BCUT2D eigenvalue weighted by molar-refractivity contribution is 7.11. The van der Waals surface area contributed by atoms with Gasteiger partial charge in [-0.05, 0) is 67.9 Å². The molecule has 1 aliphatic carbocycles. The zero-order chi connectivity index (χ0) is 22.3. The lowest BCUT2D eigenvalue weighted by atomic mass is 9.92. The van der Waals surface area contributed by atoms with E-state index >= 15 is 0 Å². The quantitative estimate of drug-likeness (QED) is 0.417. The first-order valence-corrected chi connectivity index (χ1v) is 11.6. The van der Waals surface area contributed by atoms with Crippen LogP contribution in [0.15, 0.2) is 48.9 Å². The van der Waals surface area contributed by atoms with Gasteiger partial charge in [0.25, 0.3) is 0 Å². The summed E-state index contributed by atoms with van der Waals surface area (Å²) in [5, 5.41) is 10.1. The molecule has 1 unspecified atom stereocenters. The molecule has 2 heterocycles. The highest BCUT2D eigenvalue weighted by Crippen LogP contribution is 2.39. The number of aryl methyl sites for hydroxylation is 1. The third-order valence-electron chi connectivity index (χ3n) is 5.55. The summed E-state index contributed by atoms with van der Waals surface area (Å²) in [6.07, 6.45) is 10.5. The average Bonchev–Trinajstić information content (AvgIpc) is 3.23. The highest BCUT2D eigenvalue weighted by atomic mass is 32.1. The van der Waals surface area contributed by atoms with Crippen LogP contribution in [-0.2, 0) is 12.8 Å². The van der Waals surface area contributed by atoms with Crippen molar-refractivity contribution in [2.24, 2.45) is 0 Å². The Labute approximate surface area is 190 Å². The standard InChI is InChI=1S/C24H26F2N2O3S/c25-24(26)31-21-9-8-17(13-22(21)30-18-5-1-6-18)20(12-16-4-2-10-27-14-16)23-28-15-19(32-23)7-3-11-29/h2,4,8-10,13-15,18,20,24,29H,1,3,5-7,11-12H2. The SMILES string of the molecule is OCCCc1cnc(C(Cc2cccnc2)c2ccc(OC(F)F)c(OC3CCC3)c2)s1. The molecule has 0 amide bonds. The number of ether oxygens (including phenoxy) is 2. The number of nitrogens with zero attached hydrogens (tertiary/aromatic N) is 2. The summed E-state index contributed by atoms with van der Waals surface area (Å²) in [6.45, 7) is -2.77. The van der Waals surface area contributed by atoms with Gasteiger partial charge in [-0.3, -0.25) is 4.98 Å². The van der Waals surface area contributed by atoms with E-state index in [0.29, 0.717) is 18.6 Å². The van der Waals surface area contributed by atoms with E-state index in [0.717, 1.165) is 46.7 Å². The summed E-state index contributed by atoms with van der Waals surface area (Å²) in [7, 11) is 0. The van der Waals surface area contributed by atoms with Gasteiger partial charge in [0.15, 0.2) is 11.5 Å². The summed E-state index contributed by atoms with van der Waals surface area (Å²) < 4.78 is 36.6. The molecule has 2 aromatic heterocycles. The molecule has 1 saturated carbocycles. The summed E-state index contributed by atoms with van der Waals surface area (Å²) in [4.78, 5) is 9.98. The summed E-state index contributed by atoms with van der Waals surface area (Å²) in [5.41, 5.74) is 1.98. The molecule has 5 nitrogen and oxygen atoms in total. The lowest BCUT2D eigenvalue weighted by Gasteiger charge is -2.28. The Hall–Kier alpha value is -2.58. The van der Waals surface area contributed by atoms with Crippen LogP contribution in [0.25, 0.3) is 0 Å². The fourth-order valence-corrected chi connectivity index (χ4v) is 4.74. The maximum atomic E-state index is 12.9. The molecule has 170 valence electrons. The van der Waals surface area contributed by atoms with Gasteiger partial charge in [-0.15, -0.1) is 11.3 Å². The number of halogens is 2. The number of alkyl halides is 2. The van der Waals surface area contributed by atoms with Crippen LogP contribution in [-0.4, -0.2) is 34.4 Å². The van der Waals surface area contributed by atoms with Gasteiger partial charge in [0.05, 0.1) is 6.10 Å². The number of pyridine rings is 1. The molecular weight excluding hydrogens is 434 g/mol. The molecule has 8 heteroatoms. The van der Waals surface area contributed by atoms with Crippen LogP contribution < -0.4 is 9.47 Å². The van der Waals surface area contributed by atoms with E-state index in [1.54, 1.807) is 29.7 Å². The van der Waals surface area contributed by atoms with Gasteiger partial charge in [-0.25, -0.2) is 4.98 Å². The minimum atomic E-state index is -2.91. The Morgan fingerprint density at radius 1 is 1.16 bits per heavy atom. The smallest absolute Gasteiger partial charge is 0.387 e. The average molecular weight is 461 g/mol. The Morgan fingerprint density at radius 2 is 2.03 bits per heavy atom. The van der Waals surface area contributed by atoms with Gasteiger partial charge in [0.2, 0.25) is 0 Å². The molecule has 3 aromatic rings. The van der Waals surface area contributed by atoms with Crippen LogP contribution >= 0.6 is 11.3 Å². The van der Waals surface area contributed by atoms with E-state index in [-0.39, 0.29) is 24.4 Å². The zero-order valence-electron chi connectivity index (χ0n) is 17.6. The van der Waals surface area contributed by atoms with Crippen LogP contribution in [0.4, 0.5) is 8.78 Å². The molecule has 1 aliphatic rings. The molecule has 0 spiro atoms. The first kappa shape index (κ1) is 22.6. The van der Waals surface area contributed by atoms with Crippen molar-refractivity contribution in [3.05, 3.63) is 69.9 Å². The van der Waals surface area contributed by atoms with Crippen LogP contribution in [0.3, 0.4) is 0 Å². The maximum Gasteiger partial charge on any atom is 0.387 e. The van der Waals surface area contributed by atoms with Gasteiger partial charge >= 0.3 is 6.61 Å². The summed E-state index contributed by atoms with van der Waals surface area (Å²) in [5.74, 6) is 0.315. The van der Waals surface area contributed by atoms with Crippen LogP contribution in [0.1, 0.15) is 52.6 Å². The second kappa shape index (κ2) is 10.8. The Bertz CT molecular complexity index is 996. The molecule has 1 fully saturated rings. The topological polar surface area (TPSA) is 64.5 Å². The first-order valence-electron chi connectivity index (χ1n) is 10.8. The van der Waals surface area contributed by atoms with Crippen molar-refractivity contribution in [3.63, 3.8) is 0 Å². The second-order valence-corrected chi connectivity index (χ2v) is 9.01. The van der Waals surface area contributed by atoms with E-state index in [4.69, 9.17) is 14.6 Å². The van der Waals surface area contributed by atoms with E-state index in [2.05, 4.69) is 9.97 Å². The van der Waals surface area contributed by atoms with Gasteiger partial charge in [-0.1, -0.05) is 12.1 Å². The van der Waals surface area contributed by atoms with Crippen LogP contribution in [0.5, 0.6) is 11.5 Å². The van der Waals surface area contributed by atoms with E-state index in [1.807, 2.05) is 30.6 Å². The molecule has 1 N–H and O–H groups in total. The normalized spacial score (nSPS) is 14.9. The first-order chi connectivity index (χ1) is 15.6. The molecule has 1 aromatic carbocycles. The fraction of sp³-hybridized carbons (Fsp3) is 0.417. The third kappa shape index (κ3) is 5.81. The lowest BCUT2D eigenvalue weighted by molar-refractivity contribution is -0.0527. The van der Waals surface area contributed by atoms with E-state index < -0.39 is 6.61 Å². The van der Waals surface area contributed by atoms with Gasteiger partial charge in [0.1, 0.15) is 5.01 Å². The maximum absolute atomic E-state index is 12.9. The van der Waals surface area contributed by atoms with Crippen LogP contribution in [0, 0.1) is 0 Å². The zero-order valence-corrected chi connectivity index (χ0v) is 18.4. The number of aliphatic hydroxyl groups is 1. The lowest BCUT2D eigenvalue weighted by Crippen LogP contribution is -2.25. The molecule has 0 bridgehead atoms. The van der Waals surface area contributed by atoms with Crippen molar-refractivity contribution < 1.29 is 23.4 Å². The number of hydrogen-bond donors (Lipinski definition) is 1. The predicted molar refractivity (Wildman–Crippen MR) is 119 cm³/mol. The fourth-order valence-electron chi connectivity index (χ4n) is 3.65. The van der Waals surface area contributed by atoms with Gasteiger partial charge < -0.3 is 14.6 Å². The monoisotopic (exact) mass is 460 g/mol. The largest absolute Gasteiger partial charge is 0.487 e. The molecule has 0 radical (unpaired) electrons. The predicted octanol–water partition coefficient (Wildman–Crippen LogP) is 5.37. The molecule has 0 saturated heterocycles. The van der Waals surface area contributed by atoms with Gasteiger partial charge in [-0.2, -0.15) is 8.78 Å². The highest BCUT2D eigenvalue weighted by Gasteiger charge is 2.25. The van der Waals surface area contributed by atoms with Crippen molar-refractivity contribution in [2.75, 3.05) is 6.61 Å². The minimum absolute atomic E-state index is 0.0343. The number of aliphatic hydroxyl groups excluding tert-OH is 1. The number of aromatic nitrogens is 2. The van der Waals surface area contributed by atoms with Crippen LogP contribution in [0.2, 0.25) is 0 Å². The Kier molecular flexibility index (Phi) is 7.65. The van der Waals surface area contributed by atoms with E-state index in [1.165, 1.54) is 0 Å². The summed E-state index contributed by atoms with van der Waals surface area (Å²) in [6, 6.07) is 9.09. The minimum Gasteiger partial charge on any atom is -0.487 e. The molecule has 0 aliphatic heterocycles. The van der Waals surface area contributed by atoms with E-state index in [9.17, 15) is 8.78 Å². The third-order valence-corrected chi connectivity index (χ3v) is 6.72. The van der Waals surface area contributed by atoms with Crippen molar-refractivity contribution in [1.82, 2.24) is 9.97 Å².